The van der Waals surface area contributed by atoms with Crippen molar-refractivity contribution in [2.45, 2.75) is 110 Å². The summed E-state index contributed by atoms with van der Waals surface area (Å²) in [4.78, 5) is 12.2. The van der Waals surface area contributed by atoms with E-state index in [4.69, 9.17) is 4.74 Å². The van der Waals surface area contributed by atoms with Gasteiger partial charge in [0, 0.05) is 0 Å². The Bertz CT molecular complexity index is 699. The fraction of sp³-hybridized carbons (Fsp3) is 0.720. The molecular formula is C25H41N3O2. The van der Waals surface area contributed by atoms with Crippen molar-refractivity contribution >= 4 is 17.0 Å². The lowest BCUT2D eigenvalue weighted by atomic mass is 10.0. The van der Waals surface area contributed by atoms with E-state index in [1.54, 1.807) is 12.1 Å². The van der Waals surface area contributed by atoms with Crippen LogP contribution in [0.5, 0.6) is 0 Å². The number of para-hydroxylation sites is 1. The molecule has 0 saturated heterocycles. The first-order valence-electron chi connectivity index (χ1n) is 12.3. The third-order valence-corrected chi connectivity index (χ3v) is 5.80. The summed E-state index contributed by atoms with van der Waals surface area (Å²) in [5.74, 6) is -0.310. The van der Waals surface area contributed by atoms with Crippen LogP contribution in [0.1, 0.15) is 120 Å². The molecule has 1 aromatic heterocycles. The van der Waals surface area contributed by atoms with Crippen molar-refractivity contribution < 1.29 is 9.53 Å². The highest BCUT2D eigenvalue weighted by Crippen LogP contribution is 2.16. The number of unbranched alkanes of at least 4 members (excludes halogenated alkanes) is 15. The lowest BCUT2D eigenvalue weighted by Crippen LogP contribution is -2.07. The SMILES string of the molecule is CCCCCCCCCCCCCCCCCCOC(=O)c1cccc2n[nH]nc12. The number of nitrogens with zero attached hydrogens (tertiary/aromatic N) is 2. The maximum absolute atomic E-state index is 12.2. The number of esters is 1. The van der Waals surface area contributed by atoms with Crippen LogP contribution in [0.25, 0.3) is 11.0 Å². The molecule has 0 aliphatic heterocycles. The number of ether oxygens (including phenoxy) is 1. The Kier molecular flexibility index (Phi) is 12.9. The van der Waals surface area contributed by atoms with E-state index in [9.17, 15) is 4.79 Å². The second-order valence-electron chi connectivity index (χ2n) is 8.44. The number of aromatic nitrogens is 3. The van der Waals surface area contributed by atoms with E-state index in [0.717, 1.165) is 12.8 Å². The van der Waals surface area contributed by atoms with Crippen LogP contribution in [0, 0.1) is 0 Å². The first-order valence-corrected chi connectivity index (χ1v) is 12.3. The molecule has 0 unspecified atom stereocenters. The van der Waals surface area contributed by atoms with Crippen molar-refractivity contribution in [2.24, 2.45) is 0 Å². The van der Waals surface area contributed by atoms with Gasteiger partial charge in [-0.25, -0.2) is 4.79 Å². The molecule has 30 heavy (non-hydrogen) atoms. The molecule has 5 nitrogen and oxygen atoms in total. The molecule has 0 saturated carbocycles. The largest absolute Gasteiger partial charge is 0.462 e. The highest BCUT2D eigenvalue weighted by molar-refractivity contribution is 6.01. The summed E-state index contributed by atoms with van der Waals surface area (Å²) in [6.07, 6.45) is 21.4. The quantitative estimate of drug-likeness (QED) is 0.204. The summed E-state index contributed by atoms with van der Waals surface area (Å²) in [7, 11) is 0. The predicted octanol–water partition coefficient (Wildman–Crippen LogP) is 7.38. The maximum atomic E-state index is 12.2. The summed E-state index contributed by atoms with van der Waals surface area (Å²) < 4.78 is 5.40. The van der Waals surface area contributed by atoms with Gasteiger partial charge in [-0.05, 0) is 18.6 Å². The minimum atomic E-state index is -0.310. The molecule has 1 N–H and O–H groups in total. The summed E-state index contributed by atoms with van der Waals surface area (Å²) in [6, 6.07) is 5.36. The Morgan fingerprint density at radius 3 is 1.87 bits per heavy atom. The third-order valence-electron chi connectivity index (χ3n) is 5.80. The zero-order valence-electron chi connectivity index (χ0n) is 19.0. The number of rotatable bonds is 18. The zero-order chi connectivity index (χ0) is 21.3. The number of carbonyl (C=O) groups is 1. The van der Waals surface area contributed by atoms with Crippen molar-refractivity contribution in [3.8, 4) is 0 Å². The fourth-order valence-electron chi connectivity index (χ4n) is 3.93. The number of aromatic amines is 1. The van der Waals surface area contributed by atoms with Gasteiger partial charge in [0.2, 0.25) is 0 Å². The third kappa shape index (κ3) is 9.73. The Labute approximate surface area is 182 Å². The molecule has 5 heteroatoms. The summed E-state index contributed by atoms with van der Waals surface area (Å²) in [6.45, 7) is 2.76. The Morgan fingerprint density at radius 2 is 1.30 bits per heavy atom. The number of fused-ring (bicyclic) bond motifs is 1. The minimum absolute atomic E-state index is 0.310. The molecule has 1 aromatic carbocycles. The van der Waals surface area contributed by atoms with E-state index < -0.39 is 0 Å². The van der Waals surface area contributed by atoms with Gasteiger partial charge in [-0.2, -0.15) is 15.4 Å². The van der Waals surface area contributed by atoms with Crippen molar-refractivity contribution in [2.75, 3.05) is 6.61 Å². The average Bonchev–Trinajstić information content (AvgIpc) is 3.24. The molecule has 0 radical (unpaired) electrons. The molecule has 2 aromatic rings. The van der Waals surface area contributed by atoms with E-state index in [0.29, 0.717) is 23.2 Å². The second kappa shape index (κ2) is 15.9. The first-order chi connectivity index (χ1) is 14.8. The van der Waals surface area contributed by atoms with Gasteiger partial charge >= 0.3 is 5.97 Å². The van der Waals surface area contributed by atoms with Crippen LogP contribution in [-0.2, 0) is 4.74 Å². The minimum Gasteiger partial charge on any atom is -0.462 e. The van der Waals surface area contributed by atoms with E-state index in [2.05, 4.69) is 22.3 Å². The molecule has 0 atom stereocenters. The van der Waals surface area contributed by atoms with Gasteiger partial charge in [0.25, 0.3) is 0 Å². The smallest absolute Gasteiger partial charge is 0.340 e. The van der Waals surface area contributed by atoms with Crippen molar-refractivity contribution in [3.05, 3.63) is 23.8 Å². The second-order valence-corrected chi connectivity index (χ2v) is 8.44. The van der Waals surface area contributed by atoms with E-state index in [1.165, 1.54) is 89.9 Å². The van der Waals surface area contributed by atoms with Crippen LogP contribution < -0.4 is 0 Å². The van der Waals surface area contributed by atoms with Gasteiger partial charge in [-0.1, -0.05) is 109 Å². The highest BCUT2D eigenvalue weighted by atomic mass is 16.5. The molecule has 0 amide bonds. The Hall–Kier alpha value is -1.91. The van der Waals surface area contributed by atoms with Crippen LogP contribution in [0.4, 0.5) is 0 Å². The molecule has 0 bridgehead atoms. The monoisotopic (exact) mass is 415 g/mol. The summed E-state index contributed by atoms with van der Waals surface area (Å²) in [5, 5.41) is 10.6. The topological polar surface area (TPSA) is 67.9 Å². The molecule has 0 fully saturated rings. The van der Waals surface area contributed by atoms with E-state index in [1.807, 2.05) is 6.07 Å². The lowest BCUT2D eigenvalue weighted by Gasteiger charge is -2.05. The maximum Gasteiger partial charge on any atom is 0.340 e. The normalized spacial score (nSPS) is 11.2. The van der Waals surface area contributed by atoms with E-state index >= 15 is 0 Å². The van der Waals surface area contributed by atoms with Crippen LogP contribution >= 0.6 is 0 Å². The van der Waals surface area contributed by atoms with Gasteiger partial charge in [0.05, 0.1) is 12.2 Å². The van der Waals surface area contributed by atoms with Gasteiger partial charge < -0.3 is 4.74 Å². The molecule has 0 spiro atoms. The van der Waals surface area contributed by atoms with Crippen LogP contribution in [0.15, 0.2) is 18.2 Å². The number of H-pyrrole nitrogens is 1. The molecule has 168 valence electrons. The first kappa shape index (κ1) is 24.4. The van der Waals surface area contributed by atoms with Crippen molar-refractivity contribution in [1.82, 2.24) is 15.4 Å². The molecular weight excluding hydrogens is 374 g/mol. The van der Waals surface area contributed by atoms with Crippen LogP contribution in [-0.4, -0.2) is 28.0 Å². The number of nitrogens with one attached hydrogen (secondary N) is 1. The number of hydrogen-bond acceptors (Lipinski definition) is 4. The van der Waals surface area contributed by atoms with Crippen molar-refractivity contribution in [3.63, 3.8) is 0 Å². The molecule has 0 aliphatic rings. The number of hydrogen-bond donors (Lipinski definition) is 1. The van der Waals surface area contributed by atoms with Gasteiger partial charge in [-0.3, -0.25) is 0 Å². The van der Waals surface area contributed by atoms with Gasteiger partial charge in [0.1, 0.15) is 11.0 Å². The average molecular weight is 416 g/mol. The number of benzene rings is 1. The summed E-state index contributed by atoms with van der Waals surface area (Å²) in [5.41, 5.74) is 1.75. The van der Waals surface area contributed by atoms with Crippen molar-refractivity contribution in [1.29, 1.82) is 0 Å². The Balaban J connectivity index is 1.35. The number of carbonyl (C=O) groups excluding carboxylic acids is 1. The molecule has 0 aliphatic carbocycles. The van der Waals surface area contributed by atoms with Gasteiger partial charge in [-0.15, -0.1) is 0 Å². The molecule has 1 heterocycles. The summed E-state index contributed by atoms with van der Waals surface area (Å²) >= 11 is 0. The lowest BCUT2D eigenvalue weighted by molar-refractivity contribution is 0.0499. The predicted molar refractivity (Wildman–Crippen MR) is 124 cm³/mol. The van der Waals surface area contributed by atoms with Gasteiger partial charge in [0.15, 0.2) is 0 Å². The molecule has 2 rings (SSSR count). The van der Waals surface area contributed by atoms with Crippen LogP contribution in [0.3, 0.4) is 0 Å². The highest BCUT2D eigenvalue weighted by Gasteiger charge is 2.13. The standard InChI is InChI=1S/C25H41N3O2/c1-2-3-4-5-6-7-8-9-10-11-12-13-14-15-16-17-21-30-25(29)22-19-18-20-23-24(22)27-28-26-23/h18-20H,2-17,21H2,1H3,(H,26,27,28). The van der Waals surface area contributed by atoms with Crippen LogP contribution in [0.2, 0.25) is 0 Å². The van der Waals surface area contributed by atoms with E-state index in [-0.39, 0.29) is 5.97 Å². The Morgan fingerprint density at radius 1 is 0.767 bits per heavy atom. The fourth-order valence-corrected chi connectivity index (χ4v) is 3.93. The zero-order valence-corrected chi connectivity index (χ0v) is 19.0.